The van der Waals surface area contributed by atoms with Crippen LogP contribution in [-0.2, 0) is 11.3 Å². The highest BCUT2D eigenvalue weighted by Gasteiger charge is 2.02. The van der Waals surface area contributed by atoms with Gasteiger partial charge in [0.25, 0.3) is 0 Å². The molecular formula is C12H19N3O. The van der Waals surface area contributed by atoms with Crippen LogP contribution in [0.15, 0.2) is 18.3 Å². The number of nitrogens with one attached hydrogen (secondary N) is 2. The number of rotatable bonds is 6. The number of aromatic nitrogens is 1. The highest BCUT2D eigenvalue weighted by Crippen LogP contribution is 2.02. The third-order valence-electron chi connectivity index (χ3n) is 2.40. The summed E-state index contributed by atoms with van der Waals surface area (Å²) in [7, 11) is 1.88. The lowest BCUT2D eigenvalue weighted by atomic mass is 10.2. The lowest BCUT2D eigenvalue weighted by molar-refractivity contribution is -0.121. The van der Waals surface area contributed by atoms with Crippen LogP contribution >= 0.6 is 0 Å². The van der Waals surface area contributed by atoms with E-state index in [0.29, 0.717) is 13.0 Å². The summed E-state index contributed by atoms with van der Waals surface area (Å²) in [6, 6.07) is 3.89. The number of aryl methyl sites for hydroxylation is 1. The van der Waals surface area contributed by atoms with Crippen LogP contribution in [-0.4, -0.2) is 24.5 Å². The fraction of sp³-hybridized carbons (Fsp3) is 0.500. The third-order valence-corrected chi connectivity index (χ3v) is 2.40. The number of pyridine rings is 1. The number of carbonyl (C=O) groups is 1. The van der Waals surface area contributed by atoms with Crippen LogP contribution in [0.1, 0.15) is 24.1 Å². The zero-order chi connectivity index (χ0) is 11.8. The molecule has 0 fully saturated rings. The molecule has 0 spiro atoms. The molecule has 1 rings (SSSR count). The van der Waals surface area contributed by atoms with Crippen molar-refractivity contribution in [2.75, 3.05) is 13.6 Å². The van der Waals surface area contributed by atoms with Gasteiger partial charge in [0.05, 0.1) is 12.2 Å². The van der Waals surface area contributed by atoms with Crippen LogP contribution < -0.4 is 10.6 Å². The quantitative estimate of drug-likeness (QED) is 0.705. The predicted octanol–water partition coefficient (Wildman–Crippen LogP) is 1.01. The molecule has 0 radical (unpaired) electrons. The van der Waals surface area contributed by atoms with E-state index in [4.69, 9.17) is 0 Å². The minimum atomic E-state index is 0.0836. The van der Waals surface area contributed by atoms with E-state index < -0.39 is 0 Å². The maximum Gasteiger partial charge on any atom is 0.220 e. The van der Waals surface area contributed by atoms with E-state index in [0.717, 1.165) is 24.2 Å². The van der Waals surface area contributed by atoms with Crippen molar-refractivity contribution < 1.29 is 4.79 Å². The van der Waals surface area contributed by atoms with E-state index in [9.17, 15) is 4.79 Å². The van der Waals surface area contributed by atoms with Gasteiger partial charge in [-0.25, -0.2) is 0 Å². The molecule has 0 aromatic carbocycles. The molecule has 16 heavy (non-hydrogen) atoms. The molecule has 4 nitrogen and oxygen atoms in total. The Morgan fingerprint density at radius 2 is 2.31 bits per heavy atom. The Hall–Kier alpha value is -1.42. The molecular weight excluding hydrogens is 202 g/mol. The molecule has 1 aromatic heterocycles. The van der Waals surface area contributed by atoms with E-state index in [-0.39, 0.29) is 5.91 Å². The normalized spacial score (nSPS) is 10.1. The second kappa shape index (κ2) is 6.95. The minimum absolute atomic E-state index is 0.0836. The summed E-state index contributed by atoms with van der Waals surface area (Å²) in [5.41, 5.74) is 2.04. The molecule has 2 N–H and O–H groups in total. The summed E-state index contributed by atoms with van der Waals surface area (Å²) in [6.07, 6.45) is 3.17. The zero-order valence-corrected chi connectivity index (χ0v) is 9.92. The van der Waals surface area contributed by atoms with Crippen molar-refractivity contribution in [3.63, 3.8) is 0 Å². The summed E-state index contributed by atoms with van der Waals surface area (Å²) >= 11 is 0. The van der Waals surface area contributed by atoms with Gasteiger partial charge in [0.2, 0.25) is 5.91 Å². The Labute approximate surface area is 96.5 Å². The summed E-state index contributed by atoms with van der Waals surface area (Å²) in [5, 5.41) is 5.88. The minimum Gasteiger partial charge on any atom is -0.350 e. The van der Waals surface area contributed by atoms with Crippen LogP contribution in [0.2, 0.25) is 0 Å². The van der Waals surface area contributed by atoms with Gasteiger partial charge < -0.3 is 10.6 Å². The van der Waals surface area contributed by atoms with Crippen molar-refractivity contribution in [2.45, 2.75) is 26.3 Å². The Morgan fingerprint density at radius 3 is 3.00 bits per heavy atom. The van der Waals surface area contributed by atoms with Crippen LogP contribution in [0.25, 0.3) is 0 Å². The summed E-state index contributed by atoms with van der Waals surface area (Å²) in [4.78, 5) is 15.7. The third kappa shape index (κ3) is 4.40. The zero-order valence-electron chi connectivity index (χ0n) is 9.92. The van der Waals surface area contributed by atoms with Crippen molar-refractivity contribution in [1.82, 2.24) is 15.6 Å². The number of hydrogen-bond donors (Lipinski definition) is 2. The number of hydrogen-bond acceptors (Lipinski definition) is 3. The Morgan fingerprint density at radius 1 is 1.50 bits per heavy atom. The largest absolute Gasteiger partial charge is 0.350 e. The van der Waals surface area contributed by atoms with Crippen molar-refractivity contribution in [2.24, 2.45) is 0 Å². The van der Waals surface area contributed by atoms with Gasteiger partial charge in [-0.15, -0.1) is 0 Å². The molecule has 1 heterocycles. The maximum absolute atomic E-state index is 11.4. The first kappa shape index (κ1) is 12.6. The number of amides is 1. The van der Waals surface area contributed by atoms with Crippen LogP contribution in [0.3, 0.4) is 0 Å². The first-order chi connectivity index (χ1) is 7.74. The molecule has 0 aliphatic carbocycles. The maximum atomic E-state index is 11.4. The first-order valence-electron chi connectivity index (χ1n) is 5.56. The molecule has 0 unspecified atom stereocenters. The Kier molecular flexibility index (Phi) is 5.50. The van der Waals surface area contributed by atoms with Gasteiger partial charge in [0.15, 0.2) is 0 Å². The van der Waals surface area contributed by atoms with E-state index in [1.165, 1.54) is 0 Å². The predicted molar refractivity (Wildman–Crippen MR) is 64.0 cm³/mol. The monoisotopic (exact) mass is 221 g/mol. The molecule has 0 aliphatic heterocycles. The molecule has 1 amide bonds. The Balaban J connectivity index is 2.29. The molecule has 0 saturated carbocycles. The fourth-order valence-electron chi connectivity index (χ4n) is 1.40. The van der Waals surface area contributed by atoms with Crippen molar-refractivity contribution in [3.8, 4) is 0 Å². The number of carbonyl (C=O) groups excluding carboxylic acids is 1. The standard InChI is InChI=1S/C12H19N3O/c1-10-5-3-8-14-11(10)9-15-12(16)6-4-7-13-2/h3,5,8,13H,4,6-7,9H2,1-2H3,(H,15,16). The molecule has 0 saturated heterocycles. The highest BCUT2D eigenvalue weighted by atomic mass is 16.1. The van der Waals surface area contributed by atoms with Gasteiger partial charge in [0, 0.05) is 12.6 Å². The van der Waals surface area contributed by atoms with E-state index in [1.807, 2.05) is 26.1 Å². The summed E-state index contributed by atoms with van der Waals surface area (Å²) < 4.78 is 0. The molecule has 0 atom stereocenters. The van der Waals surface area contributed by atoms with Gasteiger partial charge in [0.1, 0.15) is 0 Å². The molecule has 0 aliphatic rings. The van der Waals surface area contributed by atoms with Crippen molar-refractivity contribution >= 4 is 5.91 Å². The molecule has 1 aromatic rings. The topological polar surface area (TPSA) is 54.0 Å². The molecule has 4 heteroatoms. The van der Waals surface area contributed by atoms with Gasteiger partial charge in [-0.1, -0.05) is 6.07 Å². The second-order valence-corrected chi connectivity index (χ2v) is 3.75. The number of nitrogens with zero attached hydrogens (tertiary/aromatic N) is 1. The average Bonchev–Trinajstić information content (AvgIpc) is 2.28. The molecule has 88 valence electrons. The molecule has 0 bridgehead atoms. The SMILES string of the molecule is CNCCCC(=O)NCc1ncccc1C. The summed E-state index contributed by atoms with van der Waals surface area (Å²) in [5.74, 6) is 0.0836. The van der Waals surface area contributed by atoms with Crippen LogP contribution in [0, 0.1) is 6.92 Å². The Bertz CT molecular complexity index is 339. The van der Waals surface area contributed by atoms with Gasteiger partial charge in [-0.2, -0.15) is 0 Å². The van der Waals surface area contributed by atoms with E-state index in [1.54, 1.807) is 6.20 Å². The van der Waals surface area contributed by atoms with Gasteiger partial charge in [-0.05, 0) is 38.6 Å². The smallest absolute Gasteiger partial charge is 0.220 e. The van der Waals surface area contributed by atoms with Crippen molar-refractivity contribution in [3.05, 3.63) is 29.6 Å². The highest BCUT2D eigenvalue weighted by molar-refractivity contribution is 5.75. The van der Waals surface area contributed by atoms with E-state index in [2.05, 4.69) is 15.6 Å². The average molecular weight is 221 g/mol. The first-order valence-corrected chi connectivity index (χ1v) is 5.56. The van der Waals surface area contributed by atoms with Gasteiger partial charge >= 0.3 is 0 Å². The lowest BCUT2D eigenvalue weighted by Gasteiger charge is -2.06. The lowest BCUT2D eigenvalue weighted by Crippen LogP contribution is -2.24. The van der Waals surface area contributed by atoms with Crippen molar-refractivity contribution in [1.29, 1.82) is 0 Å². The fourth-order valence-corrected chi connectivity index (χ4v) is 1.40. The van der Waals surface area contributed by atoms with E-state index >= 15 is 0 Å². The van der Waals surface area contributed by atoms with Gasteiger partial charge in [-0.3, -0.25) is 9.78 Å². The van der Waals surface area contributed by atoms with Crippen LogP contribution in [0.4, 0.5) is 0 Å². The van der Waals surface area contributed by atoms with Crippen LogP contribution in [0.5, 0.6) is 0 Å². The second-order valence-electron chi connectivity index (χ2n) is 3.75. The summed E-state index contributed by atoms with van der Waals surface area (Å²) in [6.45, 7) is 3.39.